The van der Waals surface area contributed by atoms with Gasteiger partial charge in [-0.15, -0.1) is 0 Å². The van der Waals surface area contributed by atoms with Crippen LogP contribution in [0, 0.1) is 0 Å². The van der Waals surface area contributed by atoms with Gasteiger partial charge < -0.3 is 19.7 Å². The van der Waals surface area contributed by atoms with Gasteiger partial charge in [0.1, 0.15) is 6.61 Å². The maximum absolute atomic E-state index is 11.9. The largest absolute Gasteiger partial charge is 0.411 e. The van der Waals surface area contributed by atoms with Gasteiger partial charge in [0.25, 0.3) is 0 Å². The van der Waals surface area contributed by atoms with Crippen LogP contribution in [0.15, 0.2) is 24.3 Å². The normalized spacial score (nSPS) is 18.5. The number of anilines is 2. The fourth-order valence-electron chi connectivity index (χ4n) is 2.42. The summed E-state index contributed by atoms with van der Waals surface area (Å²) >= 11 is 0. The van der Waals surface area contributed by atoms with Crippen molar-refractivity contribution in [1.29, 1.82) is 0 Å². The molecule has 24 heavy (non-hydrogen) atoms. The average molecular weight is 346 g/mol. The Morgan fingerprint density at radius 3 is 2.71 bits per heavy atom. The molecule has 0 aromatic heterocycles. The van der Waals surface area contributed by atoms with Crippen LogP contribution < -0.4 is 10.2 Å². The van der Waals surface area contributed by atoms with E-state index in [0.29, 0.717) is 18.9 Å². The first-order valence-corrected chi connectivity index (χ1v) is 7.74. The molecule has 0 spiro atoms. The smallest absolute Gasteiger partial charge is 0.377 e. The molecule has 0 unspecified atom stereocenters. The lowest BCUT2D eigenvalue weighted by Crippen LogP contribution is -2.43. The van der Waals surface area contributed by atoms with Crippen LogP contribution in [0.5, 0.6) is 0 Å². The third kappa shape index (κ3) is 6.01. The SMILES string of the molecule is C[C@H]1COCCN1c1ccc(NC(=O)CCOCC(F)(F)F)cc1. The number of alkyl halides is 3. The molecule has 1 atom stereocenters. The second-order valence-electron chi connectivity index (χ2n) is 5.63. The molecule has 1 aliphatic rings. The number of carbonyl (C=O) groups is 1. The van der Waals surface area contributed by atoms with Crippen LogP contribution in [0.3, 0.4) is 0 Å². The molecule has 1 aromatic carbocycles. The van der Waals surface area contributed by atoms with E-state index >= 15 is 0 Å². The van der Waals surface area contributed by atoms with Crippen molar-refractivity contribution in [2.75, 3.05) is 43.2 Å². The molecule has 1 amide bonds. The number of carbonyl (C=O) groups excluding carboxylic acids is 1. The fraction of sp³-hybridized carbons (Fsp3) is 0.562. The summed E-state index contributed by atoms with van der Waals surface area (Å²) in [6, 6.07) is 7.62. The van der Waals surface area contributed by atoms with Crippen LogP contribution in [0.2, 0.25) is 0 Å². The number of rotatable bonds is 6. The highest BCUT2D eigenvalue weighted by atomic mass is 19.4. The highest BCUT2D eigenvalue weighted by molar-refractivity contribution is 5.90. The van der Waals surface area contributed by atoms with Gasteiger partial charge in [0.05, 0.1) is 26.2 Å². The monoisotopic (exact) mass is 346 g/mol. The summed E-state index contributed by atoms with van der Waals surface area (Å²) in [7, 11) is 0. The van der Waals surface area contributed by atoms with Crippen LogP contribution in [-0.4, -0.2) is 51.1 Å². The summed E-state index contributed by atoms with van der Waals surface area (Å²) in [5.41, 5.74) is 1.64. The van der Waals surface area contributed by atoms with Crippen LogP contribution in [-0.2, 0) is 14.3 Å². The summed E-state index contributed by atoms with van der Waals surface area (Å²) in [4.78, 5) is 13.9. The molecular formula is C16H21F3N2O3. The van der Waals surface area contributed by atoms with Crippen molar-refractivity contribution in [2.45, 2.75) is 25.6 Å². The molecule has 0 radical (unpaired) electrons. The number of halogens is 3. The molecule has 1 aromatic rings. The molecule has 1 fully saturated rings. The zero-order valence-electron chi connectivity index (χ0n) is 13.4. The van der Waals surface area contributed by atoms with Gasteiger partial charge >= 0.3 is 6.18 Å². The van der Waals surface area contributed by atoms with E-state index in [4.69, 9.17) is 4.74 Å². The molecular weight excluding hydrogens is 325 g/mol. The Balaban J connectivity index is 1.77. The summed E-state index contributed by atoms with van der Waals surface area (Å²) < 4.78 is 45.5. The number of benzene rings is 1. The minimum Gasteiger partial charge on any atom is -0.377 e. The third-order valence-electron chi connectivity index (χ3n) is 3.59. The van der Waals surface area contributed by atoms with Crippen LogP contribution >= 0.6 is 0 Å². The second-order valence-corrected chi connectivity index (χ2v) is 5.63. The average Bonchev–Trinajstić information content (AvgIpc) is 2.52. The predicted molar refractivity (Wildman–Crippen MR) is 84.2 cm³/mol. The van der Waals surface area contributed by atoms with Crippen molar-refractivity contribution < 1.29 is 27.4 Å². The van der Waals surface area contributed by atoms with Crippen molar-refractivity contribution in [3.63, 3.8) is 0 Å². The molecule has 0 bridgehead atoms. The van der Waals surface area contributed by atoms with Gasteiger partial charge in [-0.25, -0.2) is 0 Å². The molecule has 134 valence electrons. The molecule has 1 N–H and O–H groups in total. The number of ether oxygens (including phenoxy) is 2. The molecule has 5 nitrogen and oxygen atoms in total. The van der Waals surface area contributed by atoms with Gasteiger partial charge in [-0.1, -0.05) is 0 Å². The van der Waals surface area contributed by atoms with E-state index < -0.39 is 12.8 Å². The quantitative estimate of drug-likeness (QED) is 0.805. The Labute approximate surface area is 138 Å². The molecule has 8 heteroatoms. The molecule has 1 saturated heterocycles. The van der Waals surface area contributed by atoms with E-state index in [9.17, 15) is 18.0 Å². The van der Waals surface area contributed by atoms with Crippen LogP contribution in [0.25, 0.3) is 0 Å². The molecule has 2 rings (SSSR count). The van der Waals surface area contributed by atoms with E-state index in [1.807, 2.05) is 12.1 Å². The van der Waals surface area contributed by atoms with Crippen molar-refractivity contribution in [1.82, 2.24) is 0 Å². The molecule has 0 aliphatic carbocycles. The first-order valence-electron chi connectivity index (χ1n) is 7.74. The van der Waals surface area contributed by atoms with Gasteiger partial charge in [0, 0.05) is 24.0 Å². The minimum absolute atomic E-state index is 0.127. The van der Waals surface area contributed by atoms with E-state index in [1.54, 1.807) is 12.1 Å². The number of hydrogen-bond donors (Lipinski definition) is 1. The van der Waals surface area contributed by atoms with Crippen LogP contribution in [0.1, 0.15) is 13.3 Å². The van der Waals surface area contributed by atoms with Gasteiger partial charge in [0.2, 0.25) is 5.91 Å². The maximum Gasteiger partial charge on any atom is 0.411 e. The zero-order valence-corrected chi connectivity index (χ0v) is 13.4. The maximum atomic E-state index is 11.9. The number of nitrogens with one attached hydrogen (secondary N) is 1. The van der Waals surface area contributed by atoms with Crippen molar-refractivity contribution in [3.8, 4) is 0 Å². The second kappa shape index (κ2) is 8.34. The van der Waals surface area contributed by atoms with Gasteiger partial charge in [-0.2, -0.15) is 13.2 Å². The lowest BCUT2D eigenvalue weighted by molar-refractivity contribution is -0.174. The standard InChI is InChI=1S/C16H21F3N2O3/c1-12-10-23-9-7-21(12)14-4-2-13(3-5-14)20-15(22)6-8-24-11-16(17,18)19/h2-5,12H,6-11H2,1H3,(H,20,22)/t12-/m0/s1. The van der Waals surface area contributed by atoms with Gasteiger partial charge in [-0.3, -0.25) is 4.79 Å². The molecule has 0 saturated carbocycles. The molecule has 1 aliphatic heterocycles. The predicted octanol–water partition coefficient (Wildman–Crippen LogP) is 2.82. The van der Waals surface area contributed by atoms with Gasteiger partial charge in [-0.05, 0) is 31.2 Å². The van der Waals surface area contributed by atoms with Crippen LogP contribution in [0.4, 0.5) is 24.5 Å². The summed E-state index contributed by atoms with van der Waals surface area (Å²) in [6.45, 7) is 2.64. The van der Waals surface area contributed by atoms with E-state index in [1.165, 1.54) is 0 Å². The number of nitrogens with zero attached hydrogens (tertiary/aromatic N) is 1. The Morgan fingerprint density at radius 2 is 2.08 bits per heavy atom. The highest BCUT2D eigenvalue weighted by Crippen LogP contribution is 2.22. The topological polar surface area (TPSA) is 50.8 Å². The van der Waals surface area contributed by atoms with E-state index in [-0.39, 0.29) is 25.0 Å². The first-order chi connectivity index (χ1) is 11.3. The Morgan fingerprint density at radius 1 is 1.38 bits per heavy atom. The lowest BCUT2D eigenvalue weighted by atomic mass is 10.2. The van der Waals surface area contributed by atoms with Crippen molar-refractivity contribution in [2.24, 2.45) is 0 Å². The number of morpholine rings is 1. The Hall–Kier alpha value is -1.80. The van der Waals surface area contributed by atoms with E-state index in [2.05, 4.69) is 21.9 Å². The number of hydrogen-bond acceptors (Lipinski definition) is 4. The fourth-order valence-corrected chi connectivity index (χ4v) is 2.42. The summed E-state index contributed by atoms with van der Waals surface area (Å²) in [5, 5.41) is 2.64. The van der Waals surface area contributed by atoms with Crippen molar-refractivity contribution in [3.05, 3.63) is 24.3 Å². The van der Waals surface area contributed by atoms with Crippen molar-refractivity contribution >= 4 is 17.3 Å². The third-order valence-corrected chi connectivity index (χ3v) is 3.59. The summed E-state index contributed by atoms with van der Waals surface area (Å²) in [6.07, 6.45) is -4.50. The first kappa shape index (κ1) is 18.5. The minimum atomic E-state index is -4.37. The summed E-state index contributed by atoms with van der Waals surface area (Å²) in [5.74, 6) is -0.385. The lowest BCUT2D eigenvalue weighted by Gasteiger charge is -2.35. The Kier molecular flexibility index (Phi) is 6.44. The molecule has 1 heterocycles. The number of amides is 1. The zero-order chi connectivity index (χ0) is 17.6. The van der Waals surface area contributed by atoms with Gasteiger partial charge in [0.15, 0.2) is 0 Å². The van der Waals surface area contributed by atoms with E-state index in [0.717, 1.165) is 12.2 Å². The Bertz CT molecular complexity index is 534. The highest BCUT2D eigenvalue weighted by Gasteiger charge is 2.27.